The average Bonchev–Trinajstić information content (AvgIpc) is 3.06. The second-order valence-electron chi connectivity index (χ2n) is 6.24. The molecular weight excluding hydrogens is 305 g/mol. The molecule has 0 bridgehead atoms. The summed E-state index contributed by atoms with van der Waals surface area (Å²) in [6.07, 6.45) is 3.23. The number of benzene rings is 2. The van der Waals surface area contributed by atoms with Crippen molar-refractivity contribution in [1.29, 1.82) is 0 Å². The molecular formula is C20H22FNO2. The van der Waals surface area contributed by atoms with Crippen LogP contribution in [0.2, 0.25) is 0 Å². The van der Waals surface area contributed by atoms with E-state index in [0.717, 1.165) is 42.7 Å². The smallest absolute Gasteiger partial charge is 0.227 e. The zero-order valence-corrected chi connectivity index (χ0v) is 13.9. The molecule has 1 fully saturated rings. The molecule has 1 saturated heterocycles. The number of carbonyl (C=O) groups is 1. The van der Waals surface area contributed by atoms with Crippen LogP contribution in [0.25, 0.3) is 0 Å². The Morgan fingerprint density at radius 1 is 1.12 bits per heavy atom. The third-order valence-electron chi connectivity index (χ3n) is 4.60. The highest BCUT2D eigenvalue weighted by Gasteiger charge is 2.28. The maximum absolute atomic E-state index is 13.0. The van der Waals surface area contributed by atoms with E-state index in [1.165, 1.54) is 12.1 Å². The summed E-state index contributed by atoms with van der Waals surface area (Å²) in [5.74, 6) is 0.726. The van der Waals surface area contributed by atoms with Gasteiger partial charge in [-0.25, -0.2) is 4.39 Å². The van der Waals surface area contributed by atoms with Gasteiger partial charge in [-0.2, -0.15) is 0 Å². The second-order valence-corrected chi connectivity index (χ2v) is 6.24. The molecule has 1 atom stereocenters. The van der Waals surface area contributed by atoms with Crippen LogP contribution in [0.1, 0.15) is 24.0 Å². The highest BCUT2D eigenvalue weighted by atomic mass is 19.1. The van der Waals surface area contributed by atoms with E-state index in [0.29, 0.717) is 6.42 Å². The summed E-state index contributed by atoms with van der Waals surface area (Å²) in [5, 5.41) is 0. The van der Waals surface area contributed by atoms with Crippen LogP contribution < -0.4 is 4.74 Å². The number of hydrogen-bond acceptors (Lipinski definition) is 2. The van der Waals surface area contributed by atoms with Gasteiger partial charge in [-0.15, -0.1) is 0 Å². The Kier molecular flexibility index (Phi) is 5.14. The lowest BCUT2D eigenvalue weighted by Gasteiger charge is -2.25. The van der Waals surface area contributed by atoms with Crippen molar-refractivity contribution in [1.82, 2.24) is 4.90 Å². The quantitative estimate of drug-likeness (QED) is 0.839. The Labute approximate surface area is 142 Å². The van der Waals surface area contributed by atoms with Gasteiger partial charge in [-0.1, -0.05) is 24.3 Å². The van der Waals surface area contributed by atoms with Crippen LogP contribution in [0.15, 0.2) is 48.5 Å². The molecule has 2 aromatic rings. The van der Waals surface area contributed by atoms with Gasteiger partial charge in [-0.3, -0.25) is 4.79 Å². The molecule has 0 radical (unpaired) electrons. The van der Waals surface area contributed by atoms with E-state index in [4.69, 9.17) is 4.74 Å². The molecule has 1 aliphatic heterocycles. The maximum Gasteiger partial charge on any atom is 0.227 e. The summed E-state index contributed by atoms with van der Waals surface area (Å²) in [4.78, 5) is 14.6. The van der Waals surface area contributed by atoms with Crippen LogP contribution in [0.3, 0.4) is 0 Å². The summed E-state index contributed by atoms with van der Waals surface area (Å²) >= 11 is 0. The number of nitrogens with zero attached hydrogens (tertiary/aromatic N) is 1. The Bertz CT molecular complexity index is 682. The Balaban J connectivity index is 1.63. The molecule has 0 aliphatic carbocycles. The highest BCUT2D eigenvalue weighted by Crippen LogP contribution is 2.23. The average molecular weight is 327 g/mol. The van der Waals surface area contributed by atoms with E-state index in [-0.39, 0.29) is 17.8 Å². The first kappa shape index (κ1) is 16.5. The lowest BCUT2D eigenvalue weighted by atomic mass is 10.0. The summed E-state index contributed by atoms with van der Waals surface area (Å²) in [7, 11) is 1.63. The van der Waals surface area contributed by atoms with Crippen molar-refractivity contribution in [3.8, 4) is 5.75 Å². The molecule has 24 heavy (non-hydrogen) atoms. The van der Waals surface area contributed by atoms with Crippen LogP contribution >= 0.6 is 0 Å². The topological polar surface area (TPSA) is 29.5 Å². The first-order valence-electron chi connectivity index (χ1n) is 8.32. The molecule has 1 aliphatic rings. The maximum atomic E-state index is 13.0. The largest absolute Gasteiger partial charge is 0.497 e. The number of ether oxygens (including phenoxy) is 1. The molecule has 0 N–H and O–H groups in total. The molecule has 3 nitrogen and oxygen atoms in total. The van der Waals surface area contributed by atoms with E-state index >= 15 is 0 Å². The second kappa shape index (κ2) is 7.47. The Morgan fingerprint density at radius 2 is 1.79 bits per heavy atom. The minimum Gasteiger partial charge on any atom is -0.497 e. The molecule has 0 saturated carbocycles. The lowest BCUT2D eigenvalue weighted by molar-refractivity contribution is -0.131. The van der Waals surface area contributed by atoms with Gasteiger partial charge in [0.25, 0.3) is 0 Å². The zero-order chi connectivity index (χ0) is 16.9. The predicted molar refractivity (Wildman–Crippen MR) is 91.5 cm³/mol. The summed E-state index contributed by atoms with van der Waals surface area (Å²) in [6.45, 7) is 0.806. The number of amides is 1. The molecule has 0 spiro atoms. The first-order valence-corrected chi connectivity index (χ1v) is 8.32. The Morgan fingerprint density at radius 3 is 2.46 bits per heavy atom. The van der Waals surface area contributed by atoms with Crippen molar-refractivity contribution in [3.63, 3.8) is 0 Å². The van der Waals surface area contributed by atoms with Crippen molar-refractivity contribution in [2.24, 2.45) is 0 Å². The van der Waals surface area contributed by atoms with E-state index in [1.54, 1.807) is 19.2 Å². The van der Waals surface area contributed by atoms with Gasteiger partial charge in [0.05, 0.1) is 13.5 Å². The monoisotopic (exact) mass is 327 g/mol. The van der Waals surface area contributed by atoms with Crippen molar-refractivity contribution < 1.29 is 13.9 Å². The van der Waals surface area contributed by atoms with Crippen LogP contribution in [0.4, 0.5) is 4.39 Å². The molecule has 0 aromatic heterocycles. The van der Waals surface area contributed by atoms with Gasteiger partial charge >= 0.3 is 0 Å². The van der Waals surface area contributed by atoms with Gasteiger partial charge in [-0.05, 0) is 54.7 Å². The van der Waals surface area contributed by atoms with E-state index in [2.05, 4.69) is 0 Å². The lowest BCUT2D eigenvalue weighted by Crippen LogP contribution is -2.37. The fourth-order valence-electron chi connectivity index (χ4n) is 3.29. The van der Waals surface area contributed by atoms with Crippen molar-refractivity contribution in [2.45, 2.75) is 31.7 Å². The first-order chi connectivity index (χ1) is 11.7. The number of hydrogen-bond donors (Lipinski definition) is 0. The number of carbonyl (C=O) groups excluding carboxylic acids is 1. The van der Waals surface area contributed by atoms with Crippen LogP contribution in [-0.4, -0.2) is 30.5 Å². The molecule has 3 rings (SSSR count). The summed E-state index contributed by atoms with van der Waals surface area (Å²) < 4.78 is 18.2. The fraction of sp³-hybridized carbons (Fsp3) is 0.350. The van der Waals surface area contributed by atoms with Crippen LogP contribution in [-0.2, 0) is 17.6 Å². The molecule has 126 valence electrons. The normalized spacial score (nSPS) is 17.1. The van der Waals surface area contributed by atoms with Crippen LogP contribution in [0.5, 0.6) is 5.75 Å². The van der Waals surface area contributed by atoms with E-state index in [1.807, 2.05) is 29.2 Å². The number of methoxy groups -OCH3 is 1. The van der Waals surface area contributed by atoms with E-state index < -0.39 is 0 Å². The van der Waals surface area contributed by atoms with Gasteiger partial charge in [0, 0.05) is 12.6 Å². The number of rotatable bonds is 5. The van der Waals surface area contributed by atoms with Gasteiger partial charge in [0.2, 0.25) is 5.91 Å². The van der Waals surface area contributed by atoms with Gasteiger partial charge in [0.1, 0.15) is 11.6 Å². The molecule has 2 aromatic carbocycles. The molecule has 1 unspecified atom stereocenters. The van der Waals surface area contributed by atoms with Crippen molar-refractivity contribution >= 4 is 5.91 Å². The van der Waals surface area contributed by atoms with Crippen molar-refractivity contribution in [3.05, 3.63) is 65.5 Å². The molecule has 4 heteroatoms. The zero-order valence-electron chi connectivity index (χ0n) is 13.9. The third-order valence-corrected chi connectivity index (χ3v) is 4.60. The third kappa shape index (κ3) is 3.94. The highest BCUT2D eigenvalue weighted by molar-refractivity contribution is 5.79. The predicted octanol–water partition coefficient (Wildman–Crippen LogP) is 3.61. The van der Waals surface area contributed by atoms with Crippen LogP contribution in [0, 0.1) is 5.82 Å². The molecule has 1 amide bonds. The minimum absolute atomic E-state index is 0.157. The van der Waals surface area contributed by atoms with E-state index in [9.17, 15) is 9.18 Å². The molecule has 1 heterocycles. The number of likely N-dealkylation sites (tertiary alicyclic amines) is 1. The standard InChI is InChI=1S/C20H22FNO2/c1-24-19-10-6-16(7-11-19)14-20(23)22-12-2-3-18(22)13-15-4-8-17(21)9-5-15/h4-11,18H,2-3,12-14H2,1H3. The minimum atomic E-state index is -0.224. The fourth-order valence-corrected chi connectivity index (χ4v) is 3.29. The summed E-state index contributed by atoms with van der Waals surface area (Å²) in [6, 6.07) is 14.4. The van der Waals surface area contributed by atoms with Gasteiger partial charge < -0.3 is 9.64 Å². The summed E-state index contributed by atoms with van der Waals surface area (Å²) in [5.41, 5.74) is 2.07. The Hall–Kier alpha value is -2.36. The number of halogens is 1. The van der Waals surface area contributed by atoms with Gasteiger partial charge in [0.15, 0.2) is 0 Å². The SMILES string of the molecule is COc1ccc(CC(=O)N2CCCC2Cc2ccc(F)cc2)cc1. The van der Waals surface area contributed by atoms with Crippen molar-refractivity contribution in [2.75, 3.05) is 13.7 Å².